The number of carbonyl (C=O) groups excluding carboxylic acids is 1. The molecule has 92 valence electrons. The standard InChI is InChI=1S/C11H13ClN2O2S/c1-14(6-10(13)17)11(15)8-4-3-7(12)5-9(8)16-2/h3-5H,6H2,1-2H3,(H2,13,17). The number of halogens is 1. The van der Waals surface area contributed by atoms with Gasteiger partial charge in [-0.05, 0) is 18.2 Å². The number of hydrogen-bond donors (Lipinski definition) is 1. The van der Waals surface area contributed by atoms with Crippen LogP contribution in [0, 0.1) is 0 Å². The zero-order chi connectivity index (χ0) is 13.0. The largest absolute Gasteiger partial charge is 0.496 e. The van der Waals surface area contributed by atoms with Crippen molar-refractivity contribution in [3.8, 4) is 5.75 Å². The van der Waals surface area contributed by atoms with Gasteiger partial charge in [0.2, 0.25) is 0 Å². The molecule has 0 fully saturated rings. The van der Waals surface area contributed by atoms with Gasteiger partial charge in [-0.15, -0.1) is 0 Å². The number of ether oxygens (including phenoxy) is 1. The minimum atomic E-state index is -0.216. The molecule has 6 heteroatoms. The fourth-order valence-electron chi connectivity index (χ4n) is 1.35. The van der Waals surface area contributed by atoms with Crippen molar-refractivity contribution in [2.75, 3.05) is 20.7 Å². The first kappa shape index (κ1) is 13.7. The van der Waals surface area contributed by atoms with Crippen LogP contribution in [0.25, 0.3) is 0 Å². The number of benzene rings is 1. The first-order valence-corrected chi connectivity index (χ1v) is 5.61. The molecule has 0 aliphatic rings. The lowest BCUT2D eigenvalue weighted by molar-refractivity contribution is 0.0812. The maximum absolute atomic E-state index is 12.1. The third-order valence-corrected chi connectivity index (χ3v) is 2.50. The first-order chi connectivity index (χ1) is 7.95. The van der Waals surface area contributed by atoms with Crippen molar-refractivity contribution >= 4 is 34.7 Å². The van der Waals surface area contributed by atoms with E-state index in [1.165, 1.54) is 12.0 Å². The van der Waals surface area contributed by atoms with Crippen LogP contribution >= 0.6 is 23.8 Å². The van der Waals surface area contributed by atoms with Gasteiger partial charge < -0.3 is 15.4 Å². The Bertz CT molecular complexity index is 451. The molecule has 0 aliphatic heterocycles. The van der Waals surface area contributed by atoms with Gasteiger partial charge in [-0.1, -0.05) is 23.8 Å². The molecule has 0 spiro atoms. The molecule has 0 saturated carbocycles. The van der Waals surface area contributed by atoms with Crippen molar-refractivity contribution in [3.05, 3.63) is 28.8 Å². The summed E-state index contributed by atoms with van der Waals surface area (Å²) in [5, 5.41) is 0.510. The van der Waals surface area contributed by atoms with Gasteiger partial charge in [-0.25, -0.2) is 0 Å². The normalized spacial score (nSPS) is 9.82. The van der Waals surface area contributed by atoms with E-state index in [1.807, 2.05) is 0 Å². The van der Waals surface area contributed by atoms with E-state index in [1.54, 1.807) is 25.2 Å². The van der Waals surface area contributed by atoms with Crippen LogP contribution in [0.3, 0.4) is 0 Å². The molecule has 2 N–H and O–H groups in total. The van der Waals surface area contributed by atoms with Gasteiger partial charge >= 0.3 is 0 Å². The highest BCUT2D eigenvalue weighted by Gasteiger charge is 2.17. The fourth-order valence-corrected chi connectivity index (χ4v) is 1.71. The highest BCUT2D eigenvalue weighted by atomic mass is 35.5. The summed E-state index contributed by atoms with van der Waals surface area (Å²) in [6, 6.07) is 4.83. The average molecular weight is 273 g/mol. The molecular formula is C11H13ClN2O2S. The highest BCUT2D eigenvalue weighted by Crippen LogP contribution is 2.24. The number of carbonyl (C=O) groups is 1. The number of nitrogens with zero attached hydrogens (tertiary/aromatic N) is 1. The lowest BCUT2D eigenvalue weighted by Crippen LogP contribution is -2.34. The molecule has 1 amide bonds. The van der Waals surface area contributed by atoms with Crippen molar-refractivity contribution in [2.24, 2.45) is 5.73 Å². The molecule has 0 unspecified atom stereocenters. The summed E-state index contributed by atoms with van der Waals surface area (Å²) < 4.78 is 5.11. The molecule has 0 aromatic heterocycles. The molecule has 1 aromatic carbocycles. The summed E-state index contributed by atoms with van der Waals surface area (Å²) in [5.41, 5.74) is 5.82. The summed E-state index contributed by atoms with van der Waals surface area (Å²) in [7, 11) is 3.10. The van der Waals surface area contributed by atoms with Crippen LogP contribution in [0.15, 0.2) is 18.2 Å². The van der Waals surface area contributed by atoms with E-state index in [0.29, 0.717) is 16.3 Å². The molecule has 4 nitrogen and oxygen atoms in total. The summed E-state index contributed by atoms with van der Waals surface area (Å²) in [6.07, 6.45) is 0. The summed E-state index contributed by atoms with van der Waals surface area (Å²) in [5.74, 6) is 0.212. The second-order valence-electron chi connectivity index (χ2n) is 3.47. The van der Waals surface area contributed by atoms with Crippen LogP contribution in [0.4, 0.5) is 0 Å². The van der Waals surface area contributed by atoms with Gasteiger partial charge in [0.25, 0.3) is 5.91 Å². The minimum Gasteiger partial charge on any atom is -0.496 e. The number of nitrogens with two attached hydrogens (primary N) is 1. The molecule has 0 bridgehead atoms. The van der Waals surface area contributed by atoms with Gasteiger partial charge in [0.15, 0.2) is 0 Å². The van der Waals surface area contributed by atoms with Crippen molar-refractivity contribution in [1.82, 2.24) is 4.90 Å². The molecular weight excluding hydrogens is 260 g/mol. The van der Waals surface area contributed by atoms with E-state index >= 15 is 0 Å². The van der Waals surface area contributed by atoms with Gasteiger partial charge in [-0.3, -0.25) is 4.79 Å². The Morgan fingerprint density at radius 2 is 2.24 bits per heavy atom. The van der Waals surface area contributed by atoms with Crippen molar-refractivity contribution < 1.29 is 9.53 Å². The Hall–Kier alpha value is -1.33. The van der Waals surface area contributed by atoms with Crippen molar-refractivity contribution in [1.29, 1.82) is 0 Å². The second-order valence-corrected chi connectivity index (χ2v) is 4.43. The third kappa shape index (κ3) is 3.57. The van der Waals surface area contributed by atoms with Crippen LogP contribution in [0.5, 0.6) is 5.75 Å². The van der Waals surface area contributed by atoms with Crippen molar-refractivity contribution in [2.45, 2.75) is 0 Å². The Labute approximate surface area is 110 Å². The predicted molar refractivity (Wildman–Crippen MR) is 71.7 cm³/mol. The molecule has 0 heterocycles. The summed E-state index contributed by atoms with van der Waals surface area (Å²) in [6.45, 7) is 0.222. The Balaban J connectivity index is 2.99. The molecule has 0 saturated heterocycles. The van der Waals surface area contributed by atoms with Gasteiger partial charge in [-0.2, -0.15) is 0 Å². The number of thiocarbonyl (C=S) groups is 1. The molecule has 1 rings (SSSR count). The average Bonchev–Trinajstić information content (AvgIpc) is 2.27. The monoisotopic (exact) mass is 272 g/mol. The third-order valence-electron chi connectivity index (χ3n) is 2.13. The molecule has 1 aromatic rings. The van der Waals surface area contributed by atoms with E-state index in [4.69, 9.17) is 34.3 Å². The second kappa shape index (κ2) is 5.84. The van der Waals surface area contributed by atoms with E-state index in [0.717, 1.165) is 0 Å². The smallest absolute Gasteiger partial charge is 0.257 e. The Kier molecular flexibility index (Phi) is 4.72. The van der Waals surface area contributed by atoms with E-state index in [9.17, 15) is 4.79 Å². The Morgan fingerprint density at radius 3 is 2.76 bits per heavy atom. The van der Waals surface area contributed by atoms with E-state index in [2.05, 4.69) is 0 Å². The number of rotatable bonds is 4. The molecule has 17 heavy (non-hydrogen) atoms. The maximum atomic E-state index is 12.1. The number of amides is 1. The quantitative estimate of drug-likeness (QED) is 0.848. The van der Waals surface area contributed by atoms with Crippen LogP contribution in [-0.2, 0) is 0 Å². The topological polar surface area (TPSA) is 55.6 Å². The zero-order valence-corrected chi connectivity index (χ0v) is 11.1. The molecule has 0 atom stereocenters. The van der Waals surface area contributed by atoms with Crippen LogP contribution in [0.1, 0.15) is 10.4 Å². The number of hydrogen-bond acceptors (Lipinski definition) is 3. The van der Waals surface area contributed by atoms with Crippen LogP contribution < -0.4 is 10.5 Å². The van der Waals surface area contributed by atoms with Crippen molar-refractivity contribution in [3.63, 3.8) is 0 Å². The van der Waals surface area contributed by atoms with Gasteiger partial charge in [0.05, 0.1) is 24.2 Å². The maximum Gasteiger partial charge on any atom is 0.257 e. The fraction of sp³-hybridized carbons (Fsp3) is 0.273. The summed E-state index contributed by atoms with van der Waals surface area (Å²) >= 11 is 10.6. The SMILES string of the molecule is COc1cc(Cl)ccc1C(=O)N(C)CC(N)=S. The lowest BCUT2D eigenvalue weighted by Gasteiger charge is -2.17. The first-order valence-electron chi connectivity index (χ1n) is 4.83. The van der Waals surface area contributed by atoms with Crippen LogP contribution in [-0.4, -0.2) is 36.5 Å². The van der Waals surface area contributed by atoms with Gasteiger partial charge in [0.1, 0.15) is 5.75 Å². The Morgan fingerprint density at radius 1 is 1.59 bits per heavy atom. The zero-order valence-electron chi connectivity index (χ0n) is 9.57. The van der Waals surface area contributed by atoms with Crippen LogP contribution in [0.2, 0.25) is 5.02 Å². The lowest BCUT2D eigenvalue weighted by atomic mass is 10.1. The van der Waals surface area contributed by atoms with E-state index in [-0.39, 0.29) is 17.4 Å². The predicted octanol–water partition coefficient (Wildman–Crippen LogP) is 1.71. The highest BCUT2D eigenvalue weighted by molar-refractivity contribution is 7.80. The van der Waals surface area contributed by atoms with Gasteiger partial charge in [0, 0.05) is 12.1 Å². The summed E-state index contributed by atoms with van der Waals surface area (Å²) in [4.78, 5) is 13.7. The molecule has 0 radical (unpaired) electrons. The minimum absolute atomic E-state index is 0.216. The number of methoxy groups -OCH3 is 1. The van der Waals surface area contributed by atoms with E-state index < -0.39 is 0 Å². The molecule has 0 aliphatic carbocycles. The number of likely N-dealkylation sites (N-methyl/N-ethyl adjacent to an activating group) is 1.